The molecule has 1 aromatic rings. The summed E-state index contributed by atoms with van der Waals surface area (Å²) >= 11 is 0. The molecule has 146 valence electrons. The Hall–Kier alpha value is -1.22. The van der Waals surface area contributed by atoms with E-state index in [-0.39, 0.29) is 29.5 Å². The summed E-state index contributed by atoms with van der Waals surface area (Å²) in [5, 5.41) is 6.85. The third-order valence-corrected chi connectivity index (χ3v) is 5.02. The van der Waals surface area contributed by atoms with Crippen LogP contribution in [0.5, 0.6) is 11.5 Å². The summed E-state index contributed by atoms with van der Waals surface area (Å²) in [6, 6.07) is 6.01. The zero-order valence-electron chi connectivity index (χ0n) is 16.0. The second kappa shape index (κ2) is 9.64. The van der Waals surface area contributed by atoms with E-state index >= 15 is 0 Å². The zero-order valence-corrected chi connectivity index (χ0v) is 18.3. The van der Waals surface area contributed by atoms with Crippen molar-refractivity contribution in [2.75, 3.05) is 33.5 Å². The van der Waals surface area contributed by atoms with Crippen LogP contribution in [0.3, 0.4) is 0 Å². The van der Waals surface area contributed by atoms with Crippen LogP contribution in [0.2, 0.25) is 0 Å². The molecule has 0 unspecified atom stereocenters. The van der Waals surface area contributed by atoms with Crippen molar-refractivity contribution < 1.29 is 9.47 Å². The SMILES string of the molecule is CN=C(NCc1ccc2c(c1)OCO2)NCC(C)(C)N1CCCCC1.I. The van der Waals surface area contributed by atoms with Gasteiger partial charge in [0.05, 0.1) is 0 Å². The van der Waals surface area contributed by atoms with E-state index in [1.165, 1.54) is 32.4 Å². The molecule has 2 aliphatic heterocycles. The normalized spacial score (nSPS) is 17.6. The van der Waals surface area contributed by atoms with Gasteiger partial charge in [0, 0.05) is 25.7 Å². The van der Waals surface area contributed by atoms with Gasteiger partial charge in [0.2, 0.25) is 6.79 Å². The van der Waals surface area contributed by atoms with Crippen molar-refractivity contribution in [1.82, 2.24) is 15.5 Å². The van der Waals surface area contributed by atoms with Gasteiger partial charge < -0.3 is 20.1 Å². The van der Waals surface area contributed by atoms with Gasteiger partial charge in [-0.15, -0.1) is 24.0 Å². The average Bonchev–Trinajstić information content (AvgIpc) is 3.10. The topological polar surface area (TPSA) is 58.1 Å². The maximum absolute atomic E-state index is 5.43. The van der Waals surface area contributed by atoms with Crippen LogP contribution in [0.4, 0.5) is 0 Å². The van der Waals surface area contributed by atoms with Crippen LogP contribution in [0.1, 0.15) is 38.7 Å². The summed E-state index contributed by atoms with van der Waals surface area (Å²) < 4.78 is 10.8. The van der Waals surface area contributed by atoms with Crippen LogP contribution in [-0.4, -0.2) is 49.9 Å². The van der Waals surface area contributed by atoms with Gasteiger partial charge in [-0.05, 0) is 57.5 Å². The quantitative estimate of drug-likeness (QED) is 0.391. The van der Waals surface area contributed by atoms with Crippen molar-refractivity contribution in [3.63, 3.8) is 0 Å². The number of likely N-dealkylation sites (tertiary alicyclic amines) is 1. The lowest BCUT2D eigenvalue weighted by Crippen LogP contribution is -2.54. The van der Waals surface area contributed by atoms with E-state index in [9.17, 15) is 0 Å². The van der Waals surface area contributed by atoms with Crippen molar-refractivity contribution in [3.05, 3.63) is 23.8 Å². The Morgan fingerprint density at radius 1 is 1.12 bits per heavy atom. The minimum absolute atomic E-state index is 0. The number of nitrogens with zero attached hydrogens (tertiary/aromatic N) is 2. The largest absolute Gasteiger partial charge is 0.454 e. The summed E-state index contributed by atoms with van der Waals surface area (Å²) in [6.07, 6.45) is 3.97. The number of aliphatic imine (C=N–C) groups is 1. The third-order valence-electron chi connectivity index (χ3n) is 5.02. The molecular weight excluding hydrogens is 443 g/mol. The predicted molar refractivity (Wildman–Crippen MR) is 116 cm³/mol. The molecule has 26 heavy (non-hydrogen) atoms. The molecule has 2 heterocycles. The Morgan fingerprint density at radius 2 is 1.85 bits per heavy atom. The van der Waals surface area contributed by atoms with E-state index < -0.39 is 0 Å². The van der Waals surface area contributed by atoms with Crippen molar-refractivity contribution in [2.24, 2.45) is 4.99 Å². The first-order chi connectivity index (χ1) is 12.1. The van der Waals surface area contributed by atoms with Crippen molar-refractivity contribution in [2.45, 2.75) is 45.2 Å². The van der Waals surface area contributed by atoms with Crippen molar-refractivity contribution in [1.29, 1.82) is 0 Å². The number of hydrogen-bond donors (Lipinski definition) is 2. The molecule has 0 amide bonds. The molecule has 3 rings (SSSR count). The van der Waals surface area contributed by atoms with Gasteiger partial charge in [-0.3, -0.25) is 9.89 Å². The first-order valence-electron chi connectivity index (χ1n) is 9.16. The lowest BCUT2D eigenvalue weighted by molar-refractivity contribution is 0.0982. The number of halogens is 1. The molecule has 7 heteroatoms. The highest BCUT2D eigenvalue weighted by Gasteiger charge is 2.27. The van der Waals surface area contributed by atoms with Gasteiger partial charge in [0.25, 0.3) is 0 Å². The minimum Gasteiger partial charge on any atom is -0.454 e. The lowest BCUT2D eigenvalue weighted by atomic mass is 9.98. The summed E-state index contributed by atoms with van der Waals surface area (Å²) in [4.78, 5) is 6.92. The highest BCUT2D eigenvalue weighted by Crippen LogP contribution is 2.32. The minimum atomic E-state index is 0. The van der Waals surface area contributed by atoms with E-state index in [4.69, 9.17) is 9.47 Å². The van der Waals surface area contributed by atoms with Gasteiger partial charge in [0.1, 0.15) is 0 Å². The van der Waals surface area contributed by atoms with Crippen LogP contribution >= 0.6 is 24.0 Å². The molecule has 2 N–H and O–H groups in total. The Morgan fingerprint density at radius 3 is 2.58 bits per heavy atom. The van der Waals surface area contributed by atoms with Crippen LogP contribution in [0, 0.1) is 0 Å². The number of benzene rings is 1. The van der Waals surface area contributed by atoms with E-state index in [1.807, 2.05) is 25.2 Å². The fourth-order valence-electron chi connectivity index (χ4n) is 3.37. The van der Waals surface area contributed by atoms with E-state index in [2.05, 4.69) is 34.4 Å². The Kier molecular flexibility index (Phi) is 7.82. The van der Waals surface area contributed by atoms with Gasteiger partial charge in [-0.1, -0.05) is 12.5 Å². The molecule has 0 spiro atoms. The molecule has 2 aliphatic rings. The fraction of sp³-hybridized carbons (Fsp3) is 0.632. The summed E-state index contributed by atoms with van der Waals surface area (Å²) in [5.74, 6) is 2.45. The summed E-state index contributed by atoms with van der Waals surface area (Å²) in [7, 11) is 1.81. The smallest absolute Gasteiger partial charge is 0.231 e. The van der Waals surface area contributed by atoms with Crippen LogP contribution in [0.25, 0.3) is 0 Å². The monoisotopic (exact) mass is 474 g/mol. The second-order valence-corrected chi connectivity index (χ2v) is 7.33. The Balaban J connectivity index is 0.00000243. The number of ether oxygens (including phenoxy) is 2. The molecule has 0 aromatic heterocycles. The van der Waals surface area contributed by atoms with Crippen molar-refractivity contribution in [3.8, 4) is 11.5 Å². The highest BCUT2D eigenvalue weighted by molar-refractivity contribution is 14.0. The number of nitrogens with one attached hydrogen (secondary N) is 2. The van der Waals surface area contributed by atoms with Crippen LogP contribution < -0.4 is 20.1 Å². The number of rotatable bonds is 5. The van der Waals surface area contributed by atoms with E-state index in [0.29, 0.717) is 13.3 Å². The first-order valence-corrected chi connectivity index (χ1v) is 9.16. The Labute approximate surface area is 173 Å². The van der Waals surface area contributed by atoms with Crippen molar-refractivity contribution >= 4 is 29.9 Å². The van der Waals surface area contributed by atoms with Crippen LogP contribution in [0.15, 0.2) is 23.2 Å². The molecule has 0 bridgehead atoms. The van der Waals surface area contributed by atoms with E-state index in [1.54, 1.807) is 0 Å². The van der Waals surface area contributed by atoms with Gasteiger partial charge in [-0.25, -0.2) is 0 Å². The molecule has 0 atom stereocenters. The molecule has 6 nitrogen and oxygen atoms in total. The fourth-order valence-corrected chi connectivity index (χ4v) is 3.37. The number of guanidine groups is 1. The highest BCUT2D eigenvalue weighted by atomic mass is 127. The van der Waals surface area contributed by atoms with Gasteiger partial charge >= 0.3 is 0 Å². The Bertz CT molecular complexity index is 616. The van der Waals surface area contributed by atoms with Gasteiger partial charge in [0.15, 0.2) is 17.5 Å². The van der Waals surface area contributed by atoms with Crippen LogP contribution in [-0.2, 0) is 6.54 Å². The summed E-state index contributed by atoms with van der Waals surface area (Å²) in [5.41, 5.74) is 1.26. The standard InChI is InChI=1S/C19H30N4O2.HI/c1-19(2,23-9-5-4-6-10-23)13-22-18(20-3)21-12-15-7-8-16-17(11-15)25-14-24-16;/h7-8,11H,4-6,9-10,12-14H2,1-3H3,(H2,20,21,22);1H. The zero-order chi connectivity index (χ0) is 17.7. The molecule has 1 aromatic carbocycles. The van der Waals surface area contributed by atoms with E-state index in [0.717, 1.165) is 29.6 Å². The molecular formula is C19H31IN4O2. The lowest BCUT2D eigenvalue weighted by Gasteiger charge is -2.41. The molecule has 0 radical (unpaired) electrons. The number of piperidine rings is 1. The first kappa shape index (κ1) is 21.1. The maximum atomic E-state index is 5.43. The van der Waals surface area contributed by atoms with Gasteiger partial charge in [-0.2, -0.15) is 0 Å². The number of fused-ring (bicyclic) bond motifs is 1. The molecule has 1 saturated heterocycles. The third kappa shape index (κ3) is 5.39. The maximum Gasteiger partial charge on any atom is 0.231 e. The molecule has 0 aliphatic carbocycles. The number of hydrogen-bond acceptors (Lipinski definition) is 4. The summed E-state index contributed by atoms with van der Waals surface area (Å²) in [6.45, 7) is 8.86. The predicted octanol–water partition coefficient (Wildman–Crippen LogP) is 2.96. The molecule has 0 saturated carbocycles. The second-order valence-electron chi connectivity index (χ2n) is 7.33. The average molecular weight is 474 g/mol. The molecule has 1 fully saturated rings.